The van der Waals surface area contributed by atoms with Crippen LogP contribution in [-0.4, -0.2) is 26.6 Å². The van der Waals surface area contributed by atoms with E-state index in [9.17, 15) is 0 Å². The first-order valence-electron chi connectivity index (χ1n) is 5.03. The van der Waals surface area contributed by atoms with Crippen LogP contribution in [0.5, 0.6) is 0 Å². The Hall–Kier alpha value is -1.53. The summed E-state index contributed by atoms with van der Waals surface area (Å²) >= 11 is 10.8. The van der Waals surface area contributed by atoms with Gasteiger partial charge < -0.3 is 10.6 Å². The third-order valence-corrected chi connectivity index (χ3v) is 2.38. The molecule has 0 aliphatic rings. The number of fused-ring (bicyclic) bond motifs is 1. The van der Waals surface area contributed by atoms with Crippen molar-refractivity contribution in [2.24, 2.45) is 0 Å². The number of nitrogens with one attached hydrogen (secondary N) is 2. The molecule has 2 heterocycles. The van der Waals surface area contributed by atoms with Gasteiger partial charge in [0.15, 0.2) is 10.8 Å². The summed E-state index contributed by atoms with van der Waals surface area (Å²) in [4.78, 5) is 12.4. The zero-order valence-electron chi connectivity index (χ0n) is 9.07. The number of anilines is 1. The van der Waals surface area contributed by atoms with Crippen molar-refractivity contribution in [2.45, 2.75) is 6.92 Å². The molecule has 2 aromatic heterocycles. The average molecular weight is 268 g/mol. The maximum atomic E-state index is 5.75. The summed E-state index contributed by atoms with van der Waals surface area (Å²) in [6.07, 6.45) is 1.49. The predicted octanol–water partition coefficient (Wildman–Crippen LogP) is 1.98. The van der Waals surface area contributed by atoms with E-state index in [0.717, 1.165) is 6.54 Å². The minimum atomic E-state index is 0.316. The molecule has 2 aromatic rings. The summed E-state index contributed by atoms with van der Waals surface area (Å²) in [5.41, 5.74) is 1.18. The van der Waals surface area contributed by atoms with Crippen molar-refractivity contribution < 1.29 is 0 Å². The van der Waals surface area contributed by atoms with Crippen molar-refractivity contribution in [1.29, 1.82) is 0 Å². The third-order valence-electron chi connectivity index (χ3n) is 1.96. The second-order valence-corrected chi connectivity index (χ2v) is 4.01. The second kappa shape index (κ2) is 5.20. The highest BCUT2D eigenvalue weighted by Crippen LogP contribution is 2.13. The van der Waals surface area contributed by atoms with Gasteiger partial charge in [-0.2, -0.15) is 0 Å². The molecule has 0 spiro atoms. The Kier molecular flexibility index (Phi) is 3.65. The maximum Gasteiger partial charge on any atom is 0.181 e. The second-order valence-electron chi connectivity index (χ2n) is 3.22. The van der Waals surface area contributed by atoms with E-state index < -0.39 is 0 Å². The maximum absolute atomic E-state index is 5.75. The van der Waals surface area contributed by atoms with Crippen molar-refractivity contribution in [3.8, 4) is 0 Å². The van der Waals surface area contributed by atoms with E-state index in [1.54, 1.807) is 6.07 Å². The van der Waals surface area contributed by atoms with Crippen LogP contribution < -0.4 is 10.6 Å². The summed E-state index contributed by atoms with van der Waals surface area (Å²) < 4.78 is 0. The topological polar surface area (TPSA) is 62.7 Å². The fourth-order valence-electron chi connectivity index (χ4n) is 1.27. The van der Waals surface area contributed by atoms with Gasteiger partial charge in [0.05, 0.1) is 6.20 Å². The summed E-state index contributed by atoms with van der Waals surface area (Å²) in [5.74, 6) is 0.611. The van der Waals surface area contributed by atoms with Gasteiger partial charge in [0, 0.05) is 6.54 Å². The number of nitrogens with zero attached hydrogens (tertiary/aromatic N) is 3. The van der Waals surface area contributed by atoms with Crippen LogP contribution in [0.15, 0.2) is 18.3 Å². The standard InChI is InChI=1S/C10H10ClN5S/c1-2-12-10(17)16-8-4-3-6-9(15-8)14-7(11)5-13-6/h3-5H,2H2,1H3,(H2,12,14,15,16,17). The van der Waals surface area contributed by atoms with E-state index in [1.165, 1.54) is 6.20 Å². The molecule has 5 nitrogen and oxygen atoms in total. The molecule has 7 heteroatoms. The summed E-state index contributed by atoms with van der Waals surface area (Å²) in [7, 11) is 0. The van der Waals surface area contributed by atoms with Gasteiger partial charge in [-0.15, -0.1) is 0 Å². The predicted molar refractivity (Wildman–Crippen MR) is 72.2 cm³/mol. The molecule has 88 valence electrons. The van der Waals surface area contributed by atoms with Crippen molar-refractivity contribution in [3.05, 3.63) is 23.5 Å². The lowest BCUT2D eigenvalue weighted by Crippen LogP contribution is -2.28. The molecule has 0 aliphatic carbocycles. The Morgan fingerprint density at radius 3 is 3.00 bits per heavy atom. The Morgan fingerprint density at radius 2 is 2.24 bits per heavy atom. The molecule has 17 heavy (non-hydrogen) atoms. The quantitative estimate of drug-likeness (QED) is 0.812. The zero-order chi connectivity index (χ0) is 12.3. The molecule has 0 fully saturated rings. The van der Waals surface area contributed by atoms with Crippen molar-refractivity contribution in [2.75, 3.05) is 11.9 Å². The lowest BCUT2D eigenvalue weighted by atomic mass is 10.4. The minimum Gasteiger partial charge on any atom is -0.363 e. The van der Waals surface area contributed by atoms with Crippen LogP contribution in [0, 0.1) is 0 Å². The van der Waals surface area contributed by atoms with Gasteiger partial charge in [0.2, 0.25) is 0 Å². The normalized spacial score (nSPS) is 10.2. The first-order chi connectivity index (χ1) is 8.19. The Labute approximate surface area is 109 Å². The molecular weight excluding hydrogens is 258 g/mol. The Balaban J connectivity index is 2.27. The van der Waals surface area contributed by atoms with E-state index in [2.05, 4.69) is 25.6 Å². The Bertz CT molecular complexity index is 559. The number of pyridine rings is 1. The highest BCUT2D eigenvalue weighted by atomic mass is 35.5. The number of thiocarbonyl (C=S) groups is 1. The van der Waals surface area contributed by atoms with Gasteiger partial charge in [-0.05, 0) is 31.3 Å². The van der Waals surface area contributed by atoms with E-state index >= 15 is 0 Å². The van der Waals surface area contributed by atoms with Crippen LogP contribution in [0.25, 0.3) is 11.2 Å². The van der Waals surface area contributed by atoms with Gasteiger partial charge in [0.25, 0.3) is 0 Å². The molecule has 0 radical (unpaired) electrons. The van der Waals surface area contributed by atoms with Crippen LogP contribution in [0.1, 0.15) is 6.92 Å². The van der Waals surface area contributed by atoms with E-state index in [4.69, 9.17) is 23.8 Å². The fraction of sp³-hybridized carbons (Fsp3) is 0.200. The van der Waals surface area contributed by atoms with E-state index in [1.807, 2.05) is 13.0 Å². The summed E-state index contributed by atoms with van der Waals surface area (Å²) in [5, 5.41) is 6.76. The largest absolute Gasteiger partial charge is 0.363 e. The first kappa shape index (κ1) is 11.9. The number of aromatic nitrogens is 3. The molecule has 0 saturated heterocycles. The van der Waals surface area contributed by atoms with Crippen molar-refractivity contribution in [1.82, 2.24) is 20.3 Å². The van der Waals surface area contributed by atoms with Crippen LogP contribution in [0.3, 0.4) is 0 Å². The smallest absolute Gasteiger partial charge is 0.181 e. The van der Waals surface area contributed by atoms with Gasteiger partial charge >= 0.3 is 0 Å². The number of rotatable bonds is 2. The number of halogens is 1. The van der Waals surface area contributed by atoms with Gasteiger partial charge in [-0.1, -0.05) is 11.6 Å². The summed E-state index contributed by atoms with van der Waals surface area (Å²) in [6.45, 7) is 2.72. The molecule has 2 rings (SSSR count). The summed E-state index contributed by atoms with van der Waals surface area (Å²) in [6, 6.07) is 3.59. The SMILES string of the molecule is CCNC(=S)Nc1ccc2ncc(Cl)nc2n1. The highest BCUT2D eigenvalue weighted by Gasteiger charge is 2.02. The molecule has 0 saturated carbocycles. The molecule has 0 atom stereocenters. The van der Waals surface area contributed by atoms with Crippen LogP contribution in [0.2, 0.25) is 5.15 Å². The molecular formula is C10H10ClN5S. The van der Waals surface area contributed by atoms with Gasteiger partial charge in [-0.3, -0.25) is 0 Å². The number of hydrogen-bond donors (Lipinski definition) is 2. The zero-order valence-corrected chi connectivity index (χ0v) is 10.6. The van der Waals surface area contributed by atoms with E-state index in [0.29, 0.717) is 27.2 Å². The monoisotopic (exact) mass is 267 g/mol. The Morgan fingerprint density at radius 1 is 1.41 bits per heavy atom. The first-order valence-corrected chi connectivity index (χ1v) is 5.82. The highest BCUT2D eigenvalue weighted by molar-refractivity contribution is 7.80. The fourth-order valence-corrected chi connectivity index (χ4v) is 1.65. The van der Waals surface area contributed by atoms with Crippen LogP contribution in [-0.2, 0) is 0 Å². The van der Waals surface area contributed by atoms with Crippen molar-refractivity contribution in [3.63, 3.8) is 0 Å². The van der Waals surface area contributed by atoms with E-state index in [-0.39, 0.29) is 0 Å². The van der Waals surface area contributed by atoms with Gasteiger partial charge in [0.1, 0.15) is 16.5 Å². The average Bonchev–Trinajstić information content (AvgIpc) is 2.28. The molecule has 0 aliphatic heterocycles. The molecule has 2 N–H and O–H groups in total. The third kappa shape index (κ3) is 2.98. The lowest BCUT2D eigenvalue weighted by molar-refractivity contribution is 0.978. The van der Waals surface area contributed by atoms with Crippen molar-refractivity contribution >= 4 is 45.9 Å². The lowest BCUT2D eigenvalue weighted by Gasteiger charge is -2.07. The minimum absolute atomic E-state index is 0.316. The van der Waals surface area contributed by atoms with Crippen LogP contribution >= 0.6 is 23.8 Å². The molecule has 0 bridgehead atoms. The molecule has 0 amide bonds. The number of hydrogen-bond acceptors (Lipinski definition) is 4. The van der Waals surface area contributed by atoms with Crippen LogP contribution in [0.4, 0.5) is 5.82 Å². The van der Waals surface area contributed by atoms with Gasteiger partial charge in [-0.25, -0.2) is 15.0 Å². The molecule has 0 unspecified atom stereocenters. The molecule has 0 aromatic carbocycles.